The molecule has 0 aliphatic carbocycles. The lowest BCUT2D eigenvalue weighted by molar-refractivity contribution is 0.0397. The molecule has 0 N–H and O–H groups in total. The number of rotatable bonds is 5. The van der Waals surface area contributed by atoms with E-state index in [4.69, 9.17) is 14.4 Å². The van der Waals surface area contributed by atoms with E-state index >= 15 is 0 Å². The van der Waals surface area contributed by atoms with Crippen molar-refractivity contribution in [2.75, 3.05) is 0 Å². The van der Waals surface area contributed by atoms with Gasteiger partial charge in [-0.25, -0.2) is 13.2 Å². The number of hydrogen-bond donors (Lipinski definition) is 0. The highest BCUT2D eigenvalue weighted by Crippen LogP contribution is 2.18. The van der Waals surface area contributed by atoms with Crippen molar-refractivity contribution in [1.82, 2.24) is 0 Å². The molecule has 22 heavy (non-hydrogen) atoms. The molecule has 0 bridgehead atoms. The summed E-state index contributed by atoms with van der Waals surface area (Å²) in [6.07, 6.45) is -0.908. The van der Waals surface area contributed by atoms with Crippen molar-refractivity contribution in [1.29, 1.82) is 5.26 Å². The van der Waals surface area contributed by atoms with Crippen LogP contribution >= 0.6 is 0 Å². The van der Waals surface area contributed by atoms with Gasteiger partial charge in [0.15, 0.2) is 15.9 Å². The van der Waals surface area contributed by atoms with Crippen LogP contribution in [0, 0.1) is 11.3 Å². The number of esters is 1. The summed E-state index contributed by atoms with van der Waals surface area (Å²) < 4.78 is 34.3. The molecule has 0 unspecified atom stereocenters. The molecule has 0 aliphatic rings. The Morgan fingerprint density at radius 1 is 1.27 bits per heavy atom. The maximum Gasteiger partial charge on any atom is 0.375 e. The first-order valence-corrected chi connectivity index (χ1v) is 8.05. The highest BCUT2D eigenvalue weighted by Gasteiger charge is 2.20. The molecule has 0 spiro atoms. The third-order valence-corrected chi connectivity index (χ3v) is 4.42. The molecule has 1 aromatic heterocycles. The van der Waals surface area contributed by atoms with Gasteiger partial charge < -0.3 is 9.15 Å². The van der Waals surface area contributed by atoms with Crippen molar-refractivity contribution in [3.8, 4) is 6.07 Å². The molecule has 7 heteroatoms. The van der Waals surface area contributed by atoms with E-state index in [1.54, 1.807) is 24.3 Å². The van der Waals surface area contributed by atoms with Gasteiger partial charge in [-0.3, -0.25) is 0 Å². The van der Waals surface area contributed by atoms with Crippen LogP contribution in [-0.2, 0) is 20.3 Å². The summed E-state index contributed by atoms with van der Waals surface area (Å²) >= 11 is 0. The Kier molecular flexibility index (Phi) is 4.63. The molecule has 0 radical (unpaired) electrons. The lowest BCUT2D eigenvalue weighted by atomic mass is 10.4. The average Bonchev–Trinajstić information content (AvgIpc) is 2.96. The molecule has 0 saturated heterocycles. The van der Waals surface area contributed by atoms with Gasteiger partial charge >= 0.3 is 5.97 Å². The van der Waals surface area contributed by atoms with E-state index in [2.05, 4.69) is 0 Å². The lowest BCUT2D eigenvalue weighted by Gasteiger charge is -2.03. The van der Waals surface area contributed by atoms with Crippen molar-refractivity contribution < 1.29 is 22.4 Å². The Labute approximate surface area is 127 Å². The maximum absolute atomic E-state index is 12.2. The average molecular weight is 319 g/mol. The Bertz CT molecular complexity index is 802. The van der Waals surface area contributed by atoms with Gasteiger partial charge in [0.2, 0.25) is 5.76 Å². The molecule has 0 saturated carbocycles. The molecule has 0 amide bonds. The van der Waals surface area contributed by atoms with E-state index in [-0.39, 0.29) is 22.2 Å². The van der Waals surface area contributed by atoms with Crippen LogP contribution in [0.4, 0.5) is 0 Å². The summed E-state index contributed by atoms with van der Waals surface area (Å²) in [5.41, 5.74) is 0. The van der Waals surface area contributed by atoms with Gasteiger partial charge in [-0.15, -0.1) is 0 Å². The van der Waals surface area contributed by atoms with Crippen LogP contribution in [0.1, 0.15) is 23.2 Å². The second kappa shape index (κ2) is 6.45. The topological polar surface area (TPSA) is 97.4 Å². The second-order valence-electron chi connectivity index (χ2n) is 4.51. The van der Waals surface area contributed by atoms with E-state index in [1.807, 2.05) is 0 Å². The number of hydrogen-bond acceptors (Lipinski definition) is 6. The monoisotopic (exact) mass is 319 g/mol. The molecule has 1 heterocycles. The Morgan fingerprint density at radius 2 is 1.95 bits per heavy atom. The first-order chi connectivity index (χ1) is 10.4. The largest absolute Gasteiger partial charge is 0.453 e. The summed E-state index contributed by atoms with van der Waals surface area (Å²) in [6, 6.07) is 12.4. The van der Waals surface area contributed by atoms with E-state index in [1.165, 1.54) is 31.2 Å². The van der Waals surface area contributed by atoms with Crippen LogP contribution in [0.15, 0.2) is 51.8 Å². The number of carbonyl (C=O) groups is 1. The van der Waals surface area contributed by atoms with Gasteiger partial charge in [-0.1, -0.05) is 18.2 Å². The van der Waals surface area contributed by atoms with E-state index in [9.17, 15) is 13.2 Å². The van der Waals surface area contributed by atoms with Crippen LogP contribution in [0.3, 0.4) is 0 Å². The molecular weight excluding hydrogens is 306 g/mol. The summed E-state index contributed by atoms with van der Waals surface area (Å²) in [7, 11) is -3.55. The highest BCUT2D eigenvalue weighted by atomic mass is 32.2. The van der Waals surface area contributed by atoms with Crippen molar-refractivity contribution in [2.45, 2.75) is 23.7 Å². The van der Waals surface area contributed by atoms with Crippen LogP contribution in [0.5, 0.6) is 0 Å². The van der Waals surface area contributed by atoms with Gasteiger partial charge in [0, 0.05) is 0 Å². The van der Waals surface area contributed by atoms with Gasteiger partial charge in [0.05, 0.1) is 4.90 Å². The Morgan fingerprint density at radius 3 is 2.59 bits per heavy atom. The van der Waals surface area contributed by atoms with Crippen LogP contribution in [0.25, 0.3) is 0 Å². The predicted octanol–water partition coefficient (Wildman–Crippen LogP) is 2.32. The van der Waals surface area contributed by atoms with Crippen molar-refractivity contribution >= 4 is 15.8 Å². The summed E-state index contributed by atoms with van der Waals surface area (Å²) in [5.74, 6) is -1.18. The Balaban J connectivity index is 2.13. The third kappa shape index (κ3) is 3.74. The highest BCUT2D eigenvalue weighted by molar-refractivity contribution is 7.90. The van der Waals surface area contributed by atoms with E-state index in [0.29, 0.717) is 0 Å². The van der Waals surface area contributed by atoms with Crippen molar-refractivity contribution in [3.05, 3.63) is 54.0 Å². The number of furan rings is 1. The molecule has 1 atom stereocenters. The van der Waals surface area contributed by atoms with Gasteiger partial charge in [-0.05, 0) is 31.2 Å². The number of nitrogens with zero attached hydrogens (tertiary/aromatic N) is 1. The quantitative estimate of drug-likeness (QED) is 0.784. The Hall–Kier alpha value is -2.59. The predicted molar refractivity (Wildman–Crippen MR) is 76.5 cm³/mol. The number of sulfone groups is 1. The van der Waals surface area contributed by atoms with Gasteiger partial charge in [-0.2, -0.15) is 5.26 Å². The minimum Gasteiger partial charge on any atom is -0.453 e. The molecule has 1 aromatic carbocycles. The van der Waals surface area contributed by atoms with Gasteiger partial charge in [0.1, 0.15) is 17.6 Å². The van der Waals surface area contributed by atoms with E-state index in [0.717, 1.165) is 0 Å². The van der Waals surface area contributed by atoms with Crippen molar-refractivity contribution in [3.63, 3.8) is 0 Å². The number of ether oxygens (including phenoxy) is 1. The molecule has 6 nitrogen and oxygen atoms in total. The zero-order valence-corrected chi connectivity index (χ0v) is 12.5. The number of carbonyl (C=O) groups excluding carboxylic acids is 1. The van der Waals surface area contributed by atoms with Crippen LogP contribution < -0.4 is 0 Å². The zero-order valence-electron chi connectivity index (χ0n) is 11.7. The standard InChI is InChI=1S/C15H13NO5S/c1-11(9-16)20-15(17)14-8-7-12(21-14)10-22(18,19)13-5-3-2-4-6-13/h2-8,11H,10H2,1H3/t11-/m0/s1. The van der Waals surface area contributed by atoms with Crippen LogP contribution in [-0.4, -0.2) is 20.5 Å². The smallest absolute Gasteiger partial charge is 0.375 e. The fraction of sp³-hybridized carbons (Fsp3) is 0.200. The minimum atomic E-state index is -3.55. The van der Waals surface area contributed by atoms with Crippen molar-refractivity contribution in [2.24, 2.45) is 0 Å². The minimum absolute atomic E-state index is 0.125. The first-order valence-electron chi connectivity index (χ1n) is 6.39. The lowest BCUT2D eigenvalue weighted by Crippen LogP contribution is -2.12. The first kappa shape index (κ1) is 15.8. The molecular formula is C15H13NO5S. The summed E-state index contributed by atoms with van der Waals surface area (Å²) in [5, 5.41) is 8.58. The molecule has 0 aliphatic heterocycles. The summed E-state index contributed by atoms with van der Waals surface area (Å²) in [6.45, 7) is 1.42. The second-order valence-corrected chi connectivity index (χ2v) is 6.50. The van der Waals surface area contributed by atoms with E-state index < -0.39 is 21.9 Å². The SMILES string of the molecule is C[C@@H](C#N)OC(=O)c1ccc(CS(=O)(=O)c2ccccc2)o1. The molecule has 0 fully saturated rings. The normalized spacial score (nSPS) is 12.4. The zero-order chi connectivity index (χ0) is 16.2. The third-order valence-electron chi connectivity index (χ3n) is 2.76. The number of nitriles is 1. The molecule has 114 valence electrons. The fourth-order valence-electron chi connectivity index (χ4n) is 1.71. The van der Waals surface area contributed by atoms with Crippen LogP contribution in [0.2, 0.25) is 0 Å². The molecule has 2 rings (SSSR count). The van der Waals surface area contributed by atoms with Gasteiger partial charge in [0.25, 0.3) is 0 Å². The number of benzene rings is 1. The maximum atomic E-state index is 12.2. The molecule has 2 aromatic rings. The fourth-order valence-corrected chi connectivity index (χ4v) is 2.98. The summed E-state index contributed by atoms with van der Waals surface area (Å²) in [4.78, 5) is 11.8.